The van der Waals surface area contributed by atoms with E-state index in [0.717, 1.165) is 18.4 Å². The van der Waals surface area contributed by atoms with Crippen LogP contribution in [-0.4, -0.2) is 36.3 Å². The maximum atomic E-state index is 8.96. The van der Waals surface area contributed by atoms with E-state index >= 15 is 0 Å². The van der Waals surface area contributed by atoms with E-state index in [4.69, 9.17) is 19.4 Å². The van der Waals surface area contributed by atoms with E-state index in [1.807, 2.05) is 12.1 Å². The molecule has 0 radical (unpaired) electrons. The minimum atomic E-state index is -0.0757. The fourth-order valence-electron chi connectivity index (χ4n) is 2.48. The predicted octanol–water partition coefficient (Wildman–Crippen LogP) is 3.23. The summed E-state index contributed by atoms with van der Waals surface area (Å²) in [5, 5.41) is 12.2. The number of hydrogen-bond donors (Lipinski definition) is 1. The summed E-state index contributed by atoms with van der Waals surface area (Å²) in [4.78, 5) is 0. The monoisotopic (exact) mass is 293 g/mol. The van der Waals surface area contributed by atoms with Gasteiger partial charge in [-0.05, 0) is 45.7 Å². The van der Waals surface area contributed by atoms with Crippen LogP contribution in [0, 0.1) is 0 Å². The molecule has 5 heteroatoms. The van der Waals surface area contributed by atoms with E-state index in [9.17, 15) is 0 Å². The molecule has 1 aromatic carbocycles. The maximum absolute atomic E-state index is 8.96. The zero-order chi connectivity index (χ0) is 15.5. The summed E-state index contributed by atoms with van der Waals surface area (Å²) >= 11 is 0. The van der Waals surface area contributed by atoms with Crippen LogP contribution < -0.4 is 9.47 Å². The predicted molar refractivity (Wildman–Crippen MR) is 80.7 cm³/mol. The standard InChI is InChI=1S/C16H23NO4/c1-11(17-18)14-6-5-12(19-4)9-15(14)20-10-13-7-8-16(2,3)21-13/h5-6,9,13,18H,7-8,10H2,1-4H3/b17-11+. The Morgan fingerprint density at radius 3 is 2.81 bits per heavy atom. The molecule has 1 heterocycles. The van der Waals surface area contributed by atoms with Crippen LogP contribution in [0.4, 0.5) is 0 Å². The van der Waals surface area contributed by atoms with Gasteiger partial charge >= 0.3 is 0 Å². The second-order valence-electron chi connectivity index (χ2n) is 5.90. The van der Waals surface area contributed by atoms with E-state index in [2.05, 4.69) is 19.0 Å². The van der Waals surface area contributed by atoms with E-state index in [-0.39, 0.29) is 11.7 Å². The molecule has 1 aromatic rings. The number of hydrogen-bond acceptors (Lipinski definition) is 5. The molecule has 0 amide bonds. The van der Waals surface area contributed by atoms with Gasteiger partial charge in [0.25, 0.3) is 0 Å². The van der Waals surface area contributed by atoms with Gasteiger partial charge in [-0.3, -0.25) is 0 Å². The molecule has 116 valence electrons. The van der Waals surface area contributed by atoms with Gasteiger partial charge in [0.2, 0.25) is 0 Å². The molecule has 1 N–H and O–H groups in total. The fraction of sp³-hybridized carbons (Fsp3) is 0.562. The lowest BCUT2D eigenvalue weighted by atomic mass is 10.1. The third kappa shape index (κ3) is 3.88. The maximum Gasteiger partial charge on any atom is 0.132 e. The second-order valence-corrected chi connectivity index (χ2v) is 5.90. The Bertz CT molecular complexity index is 525. The highest BCUT2D eigenvalue weighted by Crippen LogP contribution is 2.31. The third-order valence-corrected chi connectivity index (χ3v) is 3.71. The van der Waals surface area contributed by atoms with Gasteiger partial charge in [0.1, 0.15) is 18.1 Å². The van der Waals surface area contributed by atoms with E-state index < -0.39 is 0 Å². The Balaban J connectivity index is 2.11. The van der Waals surface area contributed by atoms with E-state index in [1.54, 1.807) is 20.1 Å². The smallest absolute Gasteiger partial charge is 0.132 e. The van der Waals surface area contributed by atoms with Crippen molar-refractivity contribution in [3.8, 4) is 11.5 Å². The molecule has 1 aliphatic heterocycles. The first-order valence-corrected chi connectivity index (χ1v) is 7.13. The lowest BCUT2D eigenvalue weighted by Gasteiger charge is -2.20. The van der Waals surface area contributed by atoms with Crippen molar-refractivity contribution in [1.82, 2.24) is 0 Å². The molecule has 1 atom stereocenters. The molecule has 2 rings (SSSR count). The highest BCUT2D eigenvalue weighted by Gasteiger charge is 2.32. The number of ether oxygens (including phenoxy) is 3. The first-order chi connectivity index (χ1) is 9.95. The SMILES string of the molecule is COc1ccc(/C(C)=N/O)c(OCC2CCC(C)(C)O2)c1. The summed E-state index contributed by atoms with van der Waals surface area (Å²) in [6.07, 6.45) is 2.10. The van der Waals surface area contributed by atoms with Crippen molar-refractivity contribution in [1.29, 1.82) is 0 Å². The highest BCUT2D eigenvalue weighted by molar-refractivity contribution is 6.00. The van der Waals surface area contributed by atoms with Gasteiger partial charge in [0, 0.05) is 11.6 Å². The summed E-state index contributed by atoms with van der Waals surface area (Å²) in [6, 6.07) is 5.43. The van der Waals surface area contributed by atoms with Crippen LogP contribution >= 0.6 is 0 Å². The molecule has 1 aliphatic rings. The average Bonchev–Trinajstić information content (AvgIpc) is 2.83. The zero-order valence-corrected chi connectivity index (χ0v) is 13.0. The molecule has 0 bridgehead atoms. The lowest BCUT2D eigenvalue weighted by molar-refractivity contribution is -0.0327. The number of methoxy groups -OCH3 is 1. The Morgan fingerprint density at radius 2 is 2.24 bits per heavy atom. The topological polar surface area (TPSA) is 60.3 Å². The van der Waals surface area contributed by atoms with Crippen LogP contribution in [0.25, 0.3) is 0 Å². The van der Waals surface area contributed by atoms with Gasteiger partial charge in [0.05, 0.1) is 24.5 Å². The first kappa shape index (κ1) is 15.6. The van der Waals surface area contributed by atoms with Gasteiger partial charge in [-0.2, -0.15) is 0 Å². The Morgan fingerprint density at radius 1 is 1.48 bits per heavy atom. The first-order valence-electron chi connectivity index (χ1n) is 7.13. The number of rotatable bonds is 5. The normalized spacial score (nSPS) is 21.3. The molecular weight excluding hydrogens is 270 g/mol. The van der Waals surface area contributed by atoms with Gasteiger partial charge in [-0.25, -0.2) is 0 Å². The number of benzene rings is 1. The minimum absolute atomic E-state index is 0.0757. The van der Waals surface area contributed by atoms with Crippen LogP contribution in [0.5, 0.6) is 11.5 Å². The minimum Gasteiger partial charge on any atom is -0.497 e. The van der Waals surface area contributed by atoms with Gasteiger partial charge in [-0.1, -0.05) is 5.16 Å². The van der Waals surface area contributed by atoms with Crippen molar-refractivity contribution in [2.24, 2.45) is 5.16 Å². The van der Waals surface area contributed by atoms with Crippen LogP contribution in [-0.2, 0) is 4.74 Å². The Labute approximate surface area is 125 Å². The highest BCUT2D eigenvalue weighted by atomic mass is 16.6. The summed E-state index contributed by atoms with van der Waals surface area (Å²) in [6.45, 7) is 6.38. The molecule has 1 saturated heterocycles. The van der Waals surface area contributed by atoms with Crippen molar-refractivity contribution in [2.75, 3.05) is 13.7 Å². The molecule has 1 unspecified atom stereocenters. The molecule has 5 nitrogen and oxygen atoms in total. The van der Waals surface area contributed by atoms with Crippen molar-refractivity contribution in [3.05, 3.63) is 23.8 Å². The van der Waals surface area contributed by atoms with E-state index in [1.165, 1.54) is 0 Å². The van der Waals surface area contributed by atoms with Crippen molar-refractivity contribution >= 4 is 5.71 Å². The number of nitrogens with zero attached hydrogens (tertiary/aromatic N) is 1. The summed E-state index contributed by atoms with van der Waals surface area (Å²) < 4.78 is 17.0. The fourth-order valence-corrected chi connectivity index (χ4v) is 2.48. The molecule has 0 aliphatic carbocycles. The van der Waals surface area contributed by atoms with Crippen molar-refractivity contribution in [2.45, 2.75) is 45.3 Å². The molecule has 0 spiro atoms. The second kappa shape index (κ2) is 6.35. The Hall–Kier alpha value is -1.75. The Kier molecular flexibility index (Phi) is 4.73. The zero-order valence-electron chi connectivity index (χ0n) is 13.0. The number of oxime groups is 1. The van der Waals surface area contributed by atoms with Crippen molar-refractivity contribution < 1.29 is 19.4 Å². The molecular formula is C16H23NO4. The van der Waals surface area contributed by atoms with Crippen molar-refractivity contribution in [3.63, 3.8) is 0 Å². The van der Waals surface area contributed by atoms with Gasteiger partial charge in [-0.15, -0.1) is 0 Å². The van der Waals surface area contributed by atoms with Crippen LogP contribution in [0.15, 0.2) is 23.4 Å². The molecule has 0 saturated carbocycles. The molecule has 0 aromatic heterocycles. The summed E-state index contributed by atoms with van der Waals surface area (Å²) in [7, 11) is 1.61. The molecule has 21 heavy (non-hydrogen) atoms. The summed E-state index contributed by atoms with van der Waals surface area (Å²) in [5.41, 5.74) is 1.17. The van der Waals surface area contributed by atoms with Crippen LogP contribution in [0.2, 0.25) is 0 Å². The van der Waals surface area contributed by atoms with E-state index in [0.29, 0.717) is 23.8 Å². The van der Waals surface area contributed by atoms with Crippen LogP contribution in [0.1, 0.15) is 39.2 Å². The third-order valence-electron chi connectivity index (χ3n) is 3.71. The van der Waals surface area contributed by atoms with Crippen LogP contribution in [0.3, 0.4) is 0 Å². The van der Waals surface area contributed by atoms with Gasteiger partial charge < -0.3 is 19.4 Å². The summed E-state index contributed by atoms with van der Waals surface area (Å²) in [5.74, 6) is 1.34. The average molecular weight is 293 g/mol. The largest absolute Gasteiger partial charge is 0.497 e. The van der Waals surface area contributed by atoms with Gasteiger partial charge in [0.15, 0.2) is 0 Å². The molecule has 1 fully saturated rings. The quantitative estimate of drug-likeness (QED) is 0.514. The lowest BCUT2D eigenvalue weighted by Crippen LogP contribution is -2.24.